The minimum atomic E-state index is -0.396. The van der Waals surface area contributed by atoms with E-state index in [4.69, 9.17) is 9.47 Å². The van der Waals surface area contributed by atoms with Crippen LogP contribution in [0.15, 0.2) is 48.8 Å². The molecule has 0 amide bonds. The maximum absolute atomic E-state index is 11.9. The van der Waals surface area contributed by atoms with E-state index < -0.39 is 5.97 Å². The third-order valence-electron chi connectivity index (χ3n) is 4.22. The van der Waals surface area contributed by atoms with Gasteiger partial charge in [-0.05, 0) is 54.7 Å². The standard InChI is InChI=1S/C19H18N2O3/c22-19(13-23-17-8-7-14-4-3-5-15(14)10-17)24-12-16-11-21-9-2-1-6-18(21)20-16/h1-2,6-11H,3-5,12-13H2. The van der Waals surface area contributed by atoms with Gasteiger partial charge in [0.25, 0.3) is 0 Å². The Bertz CT molecular complexity index is 852. The number of carbonyl (C=O) groups excluding carboxylic acids is 1. The number of pyridine rings is 1. The number of aryl methyl sites for hydroxylation is 2. The van der Waals surface area contributed by atoms with Crippen LogP contribution in [-0.2, 0) is 29.0 Å². The third kappa shape index (κ3) is 3.11. The summed E-state index contributed by atoms with van der Waals surface area (Å²) in [5.41, 5.74) is 4.26. The fourth-order valence-corrected chi connectivity index (χ4v) is 3.03. The Morgan fingerprint density at radius 1 is 1.17 bits per heavy atom. The van der Waals surface area contributed by atoms with E-state index in [1.807, 2.05) is 47.1 Å². The average molecular weight is 322 g/mol. The zero-order valence-electron chi connectivity index (χ0n) is 13.3. The molecule has 24 heavy (non-hydrogen) atoms. The van der Waals surface area contributed by atoms with Gasteiger partial charge in [0.15, 0.2) is 6.61 Å². The highest BCUT2D eigenvalue weighted by atomic mass is 16.6. The summed E-state index contributed by atoms with van der Waals surface area (Å²) in [7, 11) is 0. The highest BCUT2D eigenvalue weighted by Crippen LogP contribution is 2.25. The number of imidazole rings is 1. The Morgan fingerprint density at radius 3 is 3.00 bits per heavy atom. The molecule has 2 heterocycles. The van der Waals surface area contributed by atoms with Gasteiger partial charge in [-0.15, -0.1) is 0 Å². The molecule has 122 valence electrons. The van der Waals surface area contributed by atoms with Crippen LogP contribution in [0.1, 0.15) is 23.2 Å². The van der Waals surface area contributed by atoms with Crippen LogP contribution < -0.4 is 4.74 Å². The number of nitrogens with zero attached hydrogens (tertiary/aromatic N) is 2. The van der Waals surface area contributed by atoms with Gasteiger partial charge in [0, 0.05) is 12.4 Å². The van der Waals surface area contributed by atoms with Crippen LogP contribution in [0.4, 0.5) is 0 Å². The zero-order chi connectivity index (χ0) is 16.4. The molecule has 4 rings (SSSR count). The second kappa shape index (κ2) is 6.35. The number of esters is 1. The number of hydrogen-bond donors (Lipinski definition) is 0. The number of rotatable bonds is 5. The largest absolute Gasteiger partial charge is 0.482 e. The summed E-state index contributed by atoms with van der Waals surface area (Å²) >= 11 is 0. The first-order valence-electron chi connectivity index (χ1n) is 8.11. The lowest BCUT2D eigenvalue weighted by atomic mass is 10.1. The molecule has 5 heteroatoms. The molecule has 0 saturated carbocycles. The van der Waals surface area contributed by atoms with Crippen molar-refractivity contribution in [2.45, 2.75) is 25.9 Å². The second-order valence-corrected chi connectivity index (χ2v) is 5.93. The van der Waals surface area contributed by atoms with Crippen molar-refractivity contribution >= 4 is 11.6 Å². The van der Waals surface area contributed by atoms with E-state index in [9.17, 15) is 4.79 Å². The van der Waals surface area contributed by atoms with Crippen molar-refractivity contribution in [2.24, 2.45) is 0 Å². The second-order valence-electron chi connectivity index (χ2n) is 5.93. The molecule has 0 atom stereocenters. The van der Waals surface area contributed by atoms with Crippen LogP contribution in [0.2, 0.25) is 0 Å². The summed E-state index contributed by atoms with van der Waals surface area (Å²) in [6.45, 7) is 0.0558. The van der Waals surface area contributed by atoms with Crippen LogP contribution in [-0.4, -0.2) is 22.0 Å². The molecule has 0 saturated heterocycles. The highest BCUT2D eigenvalue weighted by molar-refractivity contribution is 5.71. The molecular formula is C19H18N2O3. The molecule has 0 fully saturated rings. The molecule has 3 aromatic rings. The monoisotopic (exact) mass is 322 g/mol. The number of carbonyl (C=O) groups is 1. The fourth-order valence-electron chi connectivity index (χ4n) is 3.03. The van der Waals surface area contributed by atoms with Crippen molar-refractivity contribution in [3.05, 3.63) is 65.6 Å². The van der Waals surface area contributed by atoms with Gasteiger partial charge in [0.1, 0.15) is 18.0 Å². The summed E-state index contributed by atoms with van der Waals surface area (Å²) in [6, 6.07) is 11.8. The van der Waals surface area contributed by atoms with Crippen molar-refractivity contribution in [3.63, 3.8) is 0 Å². The number of benzene rings is 1. The lowest BCUT2D eigenvalue weighted by molar-refractivity contribution is -0.147. The Morgan fingerprint density at radius 2 is 2.08 bits per heavy atom. The summed E-state index contributed by atoms with van der Waals surface area (Å²) in [5.74, 6) is 0.327. The minimum absolute atomic E-state index is 0.0911. The molecule has 1 aromatic carbocycles. The van der Waals surface area contributed by atoms with Crippen LogP contribution in [0, 0.1) is 0 Å². The Kier molecular flexibility index (Phi) is 3.91. The molecule has 0 unspecified atom stereocenters. The molecular weight excluding hydrogens is 304 g/mol. The number of hydrogen-bond acceptors (Lipinski definition) is 4. The van der Waals surface area contributed by atoms with Crippen molar-refractivity contribution in [3.8, 4) is 5.75 Å². The predicted molar refractivity (Wildman–Crippen MR) is 89.0 cm³/mol. The first-order valence-corrected chi connectivity index (χ1v) is 8.11. The molecule has 0 radical (unpaired) electrons. The van der Waals surface area contributed by atoms with E-state index in [1.54, 1.807) is 0 Å². The van der Waals surface area contributed by atoms with E-state index in [0.29, 0.717) is 5.69 Å². The van der Waals surface area contributed by atoms with E-state index in [-0.39, 0.29) is 13.2 Å². The third-order valence-corrected chi connectivity index (χ3v) is 4.22. The normalized spacial score (nSPS) is 13.0. The van der Waals surface area contributed by atoms with E-state index >= 15 is 0 Å². The Hall–Kier alpha value is -2.82. The van der Waals surface area contributed by atoms with Gasteiger partial charge in [-0.1, -0.05) is 12.1 Å². The number of ether oxygens (including phenoxy) is 2. The van der Waals surface area contributed by atoms with Crippen LogP contribution in [0.5, 0.6) is 5.75 Å². The van der Waals surface area contributed by atoms with E-state index in [2.05, 4.69) is 11.1 Å². The summed E-state index contributed by atoms with van der Waals surface area (Å²) < 4.78 is 12.7. The maximum Gasteiger partial charge on any atom is 0.344 e. The zero-order valence-corrected chi connectivity index (χ0v) is 13.3. The quantitative estimate of drug-likeness (QED) is 0.678. The predicted octanol–water partition coefficient (Wildman–Crippen LogP) is 2.95. The molecule has 0 bridgehead atoms. The topological polar surface area (TPSA) is 52.8 Å². The number of aromatic nitrogens is 2. The van der Waals surface area contributed by atoms with E-state index in [1.165, 1.54) is 17.5 Å². The summed E-state index contributed by atoms with van der Waals surface area (Å²) in [5, 5.41) is 0. The molecule has 2 aromatic heterocycles. The van der Waals surface area contributed by atoms with Gasteiger partial charge < -0.3 is 13.9 Å². The molecule has 0 spiro atoms. The smallest absolute Gasteiger partial charge is 0.344 e. The lowest BCUT2D eigenvalue weighted by Crippen LogP contribution is -2.15. The van der Waals surface area contributed by atoms with Crippen LogP contribution in [0.3, 0.4) is 0 Å². The Labute approximate surface area is 139 Å². The highest BCUT2D eigenvalue weighted by Gasteiger charge is 2.12. The molecule has 0 aliphatic heterocycles. The van der Waals surface area contributed by atoms with Crippen molar-refractivity contribution in [1.29, 1.82) is 0 Å². The molecule has 5 nitrogen and oxygen atoms in total. The first-order chi connectivity index (χ1) is 11.8. The van der Waals surface area contributed by atoms with Gasteiger partial charge >= 0.3 is 5.97 Å². The van der Waals surface area contributed by atoms with Crippen molar-refractivity contribution < 1.29 is 14.3 Å². The minimum Gasteiger partial charge on any atom is -0.482 e. The molecule has 1 aliphatic carbocycles. The molecule has 1 aliphatic rings. The molecule has 0 N–H and O–H groups in total. The maximum atomic E-state index is 11.9. The first kappa shape index (κ1) is 14.8. The van der Waals surface area contributed by atoms with Crippen LogP contribution >= 0.6 is 0 Å². The van der Waals surface area contributed by atoms with Gasteiger partial charge in [0.2, 0.25) is 0 Å². The fraction of sp³-hybridized carbons (Fsp3) is 0.263. The van der Waals surface area contributed by atoms with Gasteiger partial charge in [-0.3, -0.25) is 0 Å². The van der Waals surface area contributed by atoms with Crippen LogP contribution in [0.25, 0.3) is 5.65 Å². The van der Waals surface area contributed by atoms with E-state index in [0.717, 1.165) is 24.2 Å². The number of fused-ring (bicyclic) bond motifs is 2. The summed E-state index contributed by atoms with van der Waals surface area (Å²) in [6.07, 6.45) is 7.18. The average Bonchev–Trinajstić information content (AvgIpc) is 3.23. The SMILES string of the molecule is O=C(COc1ccc2c(c1)CCC2)OCc1cn2ccccc2n1. The lowest BCUT2D eigenvalue weighted by Gasteiger charge is -2.08. The van der Waals surface area contributed by atoms with Gasteiger partial charge in [-0.25, -0.2) is 9.78 Å². The van der Waals surface area contributed by atoms with Gasteiger partial charge in [-0.2, -0.15) is 0 Å². The Balaban J connectivity index is 1.30. The van der Waals surface area contributed by atoms with Gasteiger partial charge in [0.05, 0.1) is 5.69 Å². The van der Waals surface area contributed by atoms with Crippen molar-refractivity contribution in [1.82, 2.24) is 9.38 Å². The van der Waals surface area contributed by atoms with Crippen molar-refractivity contribution in [2.75, 3.05) is 6.61 Å². The summed E-state index contributed by atoms with van der Waals surface area (Å²) in [4.78, 5) is 16.2.